The molecule has 1 aliphatic rings. The largest absolute Gasteiger partial charge is 0.0799 e. The van der Waals surface area contributed by atoms with Crippen LogP contribution in [-0.2, 0) is 0 Å². The maximum Gasteiger partial charge on any atom is 0.0799 e. The predicted molar refractivity (Wildman–Crippen MR) is 88.3 cm³/mol. The minimum Gasteiger partial charge on any atom is -0.0586 e. The van der Waals surface area contributed by atoms with E-state index < -0.39 is 7.26 Å². The average molecular weight is 271 g/mol. The second-order valence-electron chi connectivity index (χ2n) is 9.45. The molecule has 0 saturated carbocycles. The first-order valence-electron chi connectivity index (χ1n) is 7.34. The Labute approximate surface area is 117 Å². The zero-order valence-corrected chi connectivity index (χ0v) is 15.8. The highest BCUT2D eigenvalue weighted by Crippen LogP contribution is 2.87. The zero-order chi connectivity index (χ0) is 15.0. The standard InChI is InChI=1S/C17H36P/c1-13(2)14(3,4)16(7,8)18(11,12)17(9,10)15(13,5)6/h1-12H3/q+1. The van der Waals surface area contributed by atoms with Gasteiger partial charge in [0.1, 0.15) is 0 Å². The lowest BCUT2D eigenvalue weighted by atomic mass is 9.48. The van der Waals surface area contributed by atoms with Crippen LogP contribution in [0.5, 0.6) is 0 Å². The van der Waals surface area contributed by atoms with E-state index in [2.05, 4.69) is 82.6 Å². The monoisotopic (exact) mass is 271 g/mol. The second-order valence-corrected chi connectivity index (χ2v) is 14.6. The fourth-order valence-corrected chi connectivity index (χ4v) is 9.16. The lowest BCUT2D eigenvalue weighted by Gasteiger charge is -2.71. The Morgan fingerprint density at radius 1 is 0.444 bits per heavy atom. The quantitative estimate of drug-likeness (QED) is 0.480. The lowest BCUT2D eigenvalue weighted by Crippen LogP contribution is -2.68. The normalized spacial score (nSPS) is 34.0. The molecule has 0 radical (unpaired) electrons. The van der Waals surface area contributed by atoms with E-state index in [9.17, 15) is 0 Å². The van der Waals surface area contributed by atoms with Crippen molar-refractivity contribution in [2.75, 3.05) is 13.3 Å². The molecule has 1 heterocycles. The molecule has 1 rings (SSSR count). The highest BCUT2D eigenvalue weighted by atomic mass is 31.2. The topological polar surface area (TPSA) is 0 Å². The van der Waals surface area contributed by atoms with Gasteiger partial charge >= 0.3 is 0 Å². The third-order valence-electron chi connectivity index (χ3n) is 8.98. The van der Waals surface area contributed by atoms with Gasteiger partial charge in [-0.05, 0) is 33.1 Å². The molecule has 0 atom stereocenters. The molecule has 0 aromatic heterocycles. The molecule has 1 fully saturated rings. The summed E-state index contributed by atoms with van der Waals surface area (Å²) in [5.41, 5.74) is 1.01. The fourth-order valence-electron chi connectivity index (χ4n) is 4.41. The number of hydrogen-bond acceptors (Lipinski definition) is 0. The Kier molecular flexibility index (Phi) is 3.25. The summed E-state index contributed by atoms with van der Waals surface area (Å²) in [5, 5.41) is 0.811. The van der Waals surface area contributed by atoms with E-state index in [0.29, 0.717) is 26.6 Å². The van der Waals surface area contributed by atoms with Crippen LogP contribution in [0.1, 0.15) is 69.2 Å². The SMILES string of the molecule is CC1(C)C(C)(C)C(C)(C)[P+](C)(C)C(C)(C)C1(C)C. The molecule has 0 amide bonds. The molecule has 0 spiro atoms. The highest BCUT2D eigenvalue weighted by molar-refractivity contribution is 7.77. The van der Waals surface area contributed by atoms with Crippen molar-refractivity contribution in [3.8, 4) is 0 Å². The van der Waals surface area contributed by atoms with Gasteiger partial charge in [-0.2, -0.15) is 0 Å². The van der Waals surface area contributed by atoms with Crippen LogP contribution in [0.4, 0.5) is 0 Å². The molecule has 0 bridgehead atoms. The van der Waals surface area contributed by atoms with Crippen LogP contribution in [0.25, 0.3) is 0 Å². The molecule has 0 aliphatic carbocycles. The Morgan fingerprint density at radius 3 is 0.889 bits per heavy atom. The summed E-state index contributed by atoms with van der Waals surface area (Å²) < 4.78 is 0. The summed E-state index contributed by atoms with van der Waals surface area (Å²) in [5.74, 6) is 0. The van der Waals surface area contributed by atoms with Crippen LogP contribution >= 0.6 is 7.26 Å². The van der Waals surface area contributed by atoms with E-state index in [1.165, 1.54) is 0 Å². The van der Waals surface area contributed by atoms with Crippen molar-refractivity contribution in [3.63, 3.8) is 0 Å². The average Bonchev–Trinajstić information content (AvgIpc) is 2.14. The minimum absolute atomic E-state index is 0.322. The minimum atomic E-state index is -1.07. The molecular weight excluding hydrogens is 235 g/mol. The summed E-state index contributed by atoms with van der Waals surface area (Å²) >= 11 is 0. The smallest absolute Gasteiger partial charge is 0.0586 e. The van der Waals surface area contributed by atoms with Crippen molar-refractivity contribution < 1.29 is 0 Å². The third kappa shape index (κ3) is 1.32. The second kappa shape index (κ2) is 3.55. The number of hydrogen-bond donors (Lipinski definition) is 0. The molecule has 1 saturated heterocycles. The Morgan fingerprint density at radius 2 is 0.667 bits per heavy atom. The summed E-state index contributed by atoms with van der Waals surface area (Å²) in [7, 11) is -1.07. The molecule has 0 nitrogen and oxygen atoms in total. The van der Waals surface area contributed by atoms with Crippen molar-refractivity contribution in [2.24, 2.45) is 16.2 Å². The Balaban J connectivity index is 3.72. The molecular formula is C17H36P+. The van der Waals surface area contributed by atoms with Crippen LogP contribution in [-0.4, -0.2) is 23.6 Å². The van der Waals surface area contributed by atoms with Crippen molar-refractivity contribution in [3.05, 3.63) is 0 Å². The van der Waals surface area contributed by atoms with Crippen molar-refractivity contribution in [1.82, 2.24) is 0 Å². The van der Waals surface area contributed by atoms with Gasteiger partial charge in [-0.1, -0.05) is 41.5 Å². The molecule has 1 aliphatic heterocycles. The molecule has 108 valence electrons. The van der Waals surface area contributed by atoms with Crippen molar-refractivity contribution in [2.45, 2.75) is 79.5 Å². The van der Waals surface area contributed by atoms with E-state index in [1.54, 1.807) is 0 Å². The van der Waals surface area contributed by atoms with E-state index in [1.807, 2.05) is 0 Å². The maximum absolute atomic E-state index is 2.59. The van der Waals surface area contributed by atoms with Gasteiger partial charge in [0, 0.05) is 31.4 Å². The van der Waals surface area contributed by atoms with E-state index >= 15 is 0 Å². The number of rotatable bonds is 0. The highest BCUT2D eigenvalue weighted by Gasteiger charge is 2.76. The first-order valence-corrected chi connectivity index (χ1v) is 10.0. The Hall–Kier alpha value is 0.430. The zero-order valence-electron chi connectivity index (χ0n) is 14.9. The van der Waals surface area contributed by atoms with Crippen molar-refractivity contribution >= 4 is 7.26 Å². The van der Waals surface area contributed by atoms with Gasteiger partial charge in [0.2, 0.25) is 0 Å². The van der Waals surface area contributed by atoms with Gasteiger partial charge in [0.25, 0.3) is 0 Å². The van der Waals surface area contributed by atoms with Crippen LogP contribution in [0.2, 0.25) is 0 Å². The molecule has 1 heteroatoms. The van der Waals surface area contributed by atoms with Crippen LogP contribution < -0.4 is 0 Å². The van der Waals surface area contributed by atoms with Gasteiger partial charge in [0.05, 0.1) is 10.3 Å². The van der Waals surface area contributed by atoms with Gasteiger partial charge < -0.3 is 0 Å². The van der Waals surface area contributed by atoms with Gasteiger partial charge in [-0.3, -0.25) is 0 Å². The van der Waals surface area contributed by atoms with Crippen LogP contribution in [0.3, 0.4) is 0 Å². The van der Waals surface area contributed by atoms with E-state index in [0.717, 1.165) is 0 Å². The van der Waals surface area contributed by atoms with Gasteiger partial charge in [-0.15, -0.1) is 0 Å². The molecule has 0 unspecified atom stereocenters. The summed E-state index contributed by atoms with van der Waals surface area (Å²) in [6.07, 6.45) is 0. The molecule has 0 N–H and O–H groups in total. The first-order chi connectivity index (χ1) is 7.50. The van der Waals surface area contributed by atoms with Crippen LogP contribution in [0.15, 0.2) is 0 Å². The first kappa shape index (κ1) is 16.5. The molecule has 18 heavy (non-hydrogen) atoms. The summed E-state index contributed by atoms with van der Waals surface area (Å²) in [6.45, 7) is 30.3. The van der Waals surface area contributed by atoms with E-state index in [4.69, 9.17) is 0 Å². The maximum atomic E-state index is 2.59. The van der Waals surface area contributed by atoms with Gasteiger partial charge in [0.15, 0.2) is 0 Å². The summed E-state index contributed by atoms with van der Waals surface area (Å²) in [4.78, 5) is 0. The predicted octanol–water partition coefficient (Wildman–Crippen LogP) is 5.91. The van der Waals surface area contributed by atoms with Crippen LogP contribution in [0, 0.1) is 16.2 Å². The molecule has 0 aromatic rings. The Bertz CT molecular complexity index is 237. The molecule has 0 aromatic carbocycles. The van der Waals surface area contributed by atoms with E-state index in [-0.39, 0.29) is 0 Å². The van der Waals surface area contributed by atoms with Gasteiger partial charge in [-0.25, -0.2) is 0 Å². The lowest BCUT2D eigenvalue weighted by molar-refractivity contribution is -0.0759. The third-order valence-corrected chi connectivity index (χ3v) is 15.7. The fraction of sp³-hybridized carbons (Fsp3) is 1.00. The van der Waals surface area contributed by atoms with Crippen molar-refractivity contribution in [1.29, 1.82) is 0 Å². The summed E-state index contributed by atoms with van der Waals surface area (Å²) in [6, 6.07) is 0.